The number of urea groups is 1. The molecule has 2 amide bonds. The average molecular weight is 290 g/mol. The van der Waals surface area contributed by atoms with E-state index in [-0.39, 0.29) is 12.1 Å². The number of nitrogens with one attached hydrogen (secondary N) is 1. The van der Waals surface area contributed by atoms with Gasteiger partial charge in [-0.2, -0.15) is 0 Å². The van der Waals surface area contributed by atoms with E-state index < -0.39 is 0 Å². The number of likely N-dealkylation sites (N-methyl/N-ethyl adjacent to an activating group) is 1. The number of nitrogens with two attached hydrogens (primary N) is 1. The van der Waals surface area contributed by atoms with Crippen LogP contribution in [0.2, 0.25) is 0 Å². The summed E-state index contributed by atoms with van der Waals surface area (Å²) in [5, 5.41) is 2.98. The molecule has 1 aliphatic rings. The highest BCUT2D eigenvalue weighted by Crippen LogP contribution is 2.18. The predicted molar refractivity (Wildman–Crippen MR) is 86.3 cm³/mol. The minimum atomic E-state index is -0.0324. The molecule has 1 aromatic rings. The number of benzene rings is 1. The quantitative estimate of drug-likeness (QED) is 0.897. The molecule has 1 aliphatic heterocycles. The zero-order valence-electron chi connectivity index (χ0n) is 13.2. The van der Waals surface area contributed by atoms with Gasteiger partial charge in [-0.15, -0.1) is 0 Å². The minimum absolute atomic E-state index is 0.0247. The number of carbonyl (C=O) groups is 1. The number of nitrogens with zero attached hydrogens (tertiary/aromatic N) is 2. The van der Waals surface area contributed by atoms with Crippen LogP contribution >= 0.6 is 0 Å². The second-order valence-electron chi connectivity index (χ2n) is 6.05. The first-order valence-electron chi connectivity index (χ1n) is 7.55. The summed E-state index contributed by atoms with van der Waals surface area (Å²) in [5.41, 5.74) is 7.71. The third-order valence-corrected chi connectivity index (χ3v) is 4.08. The second-order valence-corrected chi connectivity index (χ2v) is 6.05. The normalized spacial score (nSPS) is 20.4. The third-order valence-electron chi connectivity index (χ3n) is 4.08. The van der Waals surface area contributed by atoms with E-state index in [0.29, 0.717) is 6.04 Å². The van der Waals surface area contributed by atoms with E-state index in [9.17, 15) is 4.79 Å². The van der Waals surface area contributed by atoms with E-state index in [4.69, 9.17) is 5.73 Å². The Bertz CT molecular complexity index is 487. The van der Waals surface area contributed by atoms with Crippen molar-refractivity contribution >= 4 is 11.7 Å². The fourth-order valence-corrected chi connectivity index (χ4v) is 2.66. The van der Waals surface area contributed by atoms with E-state index >= 15 is 0 Å². The summed E-state index contributed by atoms with van der Waals surface area (Å²) in [6, 6.07) is 8.13. The standard InChI is InChI=1S/C16H26N4O/c1-12(17)13-6-4-7-14(10-13)18-16(21)20-9-5-8-15(11-20)19(2)3/h4,6-7,10,12,15H,5,8-9,11,17H2,1-3H3,(H,18,21). The van der Waals surface area contributed by atoms with Gasteiger partial charge < -0.3 is 20.9 Å². The topological polar surface area (TPSA) is 61.6 Å². The number of likely N-dealkylation sites (tertiary alicyclic amines) is 1. The minimum Gasteiger partial charge on any atom is -0.324 e. The van der Waals surface area contributed by atoms with Crippen molar-refractivity contribution < 1.29 is 4.79 Å². The lowest BCUT2D eigenvalue weighted by atomic mass is 10.1. The smallest absolute Gasteiger partial charge is 0.321 e. The number of hydrogen-bond donors (Lipinski definition) is 2. The largest absolute Gasteiger partial charge is 0.324 e. The number of piperidine rings is 1. The number of anilines is 1. The molecule has 5 heteroatoms. The van der Waals surface area contributed by atoms with E-state index in [1.807, 2.05) is 36.1 Å². The van der Waals surface area contributed by atoms with E-state index in [1.165, 1.54) is 0 Å². The zero-order chi connectivity index (χ0) is 15.4. The van der Waals surface area contributed by atoms with E-state index in [0.717, 1.165) is 37.2 Å². The molecule has 5 nitrogen and oxygen atoms in total. The van der Waals surface area contributed by atoms with Crippen molar-refractivity contribution in [2.75, 3.05) is 32.5 Å². The van der Waals surface area contributed by atoms with Crippen LogP contribution in [0.4, 0.5) is 10.5 Å². The lowest BCUT2D eigenvalue weighted by Gasteiger charge is -2.36. The van der Waals surface area contributed by atoms with Crippen molar-refractivity contribution in [1.82, 2.24) is 9.80 Å². The van der Waals surface area contributed by atoms with Gasteiger partial charge in [0.25, 0.3) is 0 Å². The van der Waals surface area contributed by atoms with Gasteiger partial charge in [0, 0.05) is 30.9 Å². The number of amides is 2. The Morgan fingerprint density at radius 2 is 2.24 bits per heavy atom. The van der Waals surface area contributed by atoms with Gasteiger partial charge in [-0.25, -0.2) is 4.79 Å². The van der Waals surface area contributed by atoms with Crippen molar-refractivity contribution in [3.8, 4) is 0 Å². The molecule has 21 heavy (non-hydrogen) atoms. The summed E-state index contributed by atoms with van der Waals surface area (Å²) in [5.74, 6) is 0. The molecule has 3 N–H and O–H groups in total. The summed E-state index contributed by atoms with van der Waals surface area (Å²) in [7, 11) is 4.14. The number of rotatable bonds is 3. The maximum absolute atomic E-state index is 12.4. The first-order valence-corrected chi connectivity index (χ1v) is 7.55. The summed E-state index contributed by atoms with van der Waals surface area (Å²) in [6.07, 6.45) is 2.20. The highest BCUT2D eigenvalue weighted by molar-refractivity contribution is 5.89. The summed E-state index contributed by atoms with van der Waals surface area (Å²) < 4.78 is 0. The third kappa shape index (κ3) is 4.19. The molecular weight excluding hydrogens is 264 g/mol. The highest BCUT2D eigenvalue weighted by Gasteiger charge is 2.24. The second kappa shape index (κ2) is 6.91. The molecule has 1 fully saturated rings. The van der Waals surface area contributed by atoms with E-state index in [1.54, 1.807) is 0 Å². The van der Waals surface area contributed by atoms with Crippen LogP contribution in [0, 0.1) is 0 Å². The van der Waals surface area contributed by atoms with Crippen molar-refractivity contribution in [2.45, 2.75) is 31.8 Å². The van der Waals surface area contributed by atoms with Crippen molar-refractivity contribution in [3.05, 3.63) is 29.8 Å². The number of hydrogen-bond acceptors (Lipinski definition) is 3. The maximum atomic E-state index is 12.4. The Kier molecular flexibility index (Phi) is 5.20. The highest BCUT2D eigenvalue weighted by atomic mass is 16.2. The van der Waals surface area contributed by atoms with Crippen LogP contribution in [0.25, 0.3) is 0 Å². The van der Waals surface area contributed by atoms with E-state index in [2.05, 4.69) is 24.3 Å². The predicted octanol–water partition coefficient (Wildman–Crippen LogP) is 2.26. The van der Waals surface area contributed by atoms with Gasteiger partial charge in [0.1, 0.15) is 0 Å². The first-order chi connectivity index (χ1) is 9.97. The van der Waals surface area contributed by atoms with Crippen LogP contribution < -0.4 is 11.1 Å². The molecule has 1 heterocycles. The Balaban J connectivity index is 1.99. The Labute approximate surface area is 127 Å². The molecule has 0 spiro atoms. The Morgan fingerprint density at radius 1 is 1.48 bits per heavy atom. The van der Waals surface area contributed by atoms with Crippen molar-refractivity contribution in [1.29, 1.82) is 0 Å². The molecule has 0 aromatic heterocycles. The molecule has 116 valence electrons. The Morgan fingerprint density at radius 3 is 2.90 bits per heavy atom. The molecular formula is C16H26N4O. The fraction of sp³-hybridized carbons (Fsp3) is 0.562. The molecule has 0 saturated carbocycles. The van der Waals surface area contributed by atoms with Gasteiger partial charge in [0.05, 0.1) is 0 Å². The summed E-state index contributed by atoms with van der Waals surface area (Å²) in [6.45, 7) is 3.54. The lowest BCUT2D eigenvalue weighted by Crippen LogP contribution is -2.48. The van der Waals surface area contributed by atoms with Gasteiger partial charge in [-0.05, 0) is 51.6 Å². The van der Waals surface area contributed by atoms with Gasteiger partial charge in [0.15, 0.2) is 0 Å². The molecule has 1 saturated heterocycles. The van der Waals surface area contributed by atoms with Crippen LogP contribution in [0.5, 0.6) is 0 Å². The maximum Gasteiger partial charge on any atom is 0.321 e. The summed E-state index contributed by atoms with van der Waals surface area (Å²) in [4.78, 5) is 16.5. The first kappa shape index (κ1) is 15.8. The van der Waals surface area contributed by atoms with Crippen molar-refractivity contribution in [3.63, 3.8) is 0 Å². The fourth-order valence-electron chi connectivity index (χ4n) is 2.66. The van der Waals surface area contributed by atoms with Gasteiger partial charge in [0.2, 0.25) is 0 Å². The zero-order valence-corrected chi connectivity index (χ0v) is 13.2. The van der Waals surface area contributed by atoms with Crippen LogP contribution in [0.15, 0.2) is 24.3 Å². The van der Waals surface area contributed by atoms with Gasteiger partial charge in [-0.3, -0.25) is 0 Å². The van der Waals surface area contributed by atoms with Crippen LogP contribution in [-0.2, 0) is 0 Å². The molecule has 0 bridgehead atoms. The Hall–Kier alpha value is -1.59. The molecule has 2 atom stereocenters. The molecule has 1 aromatic carbocycles. The van der Waals surface area contributed by atoms with Crippen LogP contribution in [0.3, 0.4) is 0 Å². The monoisotopic (exact) mass is 290 g/mol. The van der Waals surface area contributed by atoms with Crippen molar-refractivity contribution in [2.24, 2.45) is 5.73 Å². The molecule has 2 unspecified atom stereocenters. The number of carbonyl (C=O) groups excluding carboxylic acids is 1. The summed E-state index contributed by atoms with van der Waals surface area (Å²) >= 11 is 0. The van der Waals surface area contributed by atoms with Crippen LogP contribution in [0.1, 0.15) is 31.4 Å². The van der Waals surface area contributed by atoms with Gasteiger partial charge in [-0.1, -0.05) is 12.1 Å². The van der Waals surface area contributed by atoms with Crippen LogP contribution in [-0.4, -0.2) is 49.1 Å². The molecule has 0 radical (unpaired) electrons. The lowest BCUT2D eigenvalue weighted by molar-refractivity contribution is 0.148. The SMILES string of the molecule is CC(N)c1cccc(NC(=O)N2CCCC(N(C)C)C2)c1. The average Bonchev–Trinajstić information content (AvgIpc) is 2.47. The van der Waals surface area contributed by atoms with Gasteiger partial charge >= 0.3 is 6.03 Å². The molecule has 0 aliphatic carbocycles. The molecule has 2 rings (SSSR count).